The van der Waals surface area contributed by atoms with E-state index in [0.29, 0.717) is 17.5 Å². The fraction of sp³-hybridized carbons (Fsp3) is 0. The summed E-state index contributed by atoms with van der Waals surface area (Å²) >= 11 is 1.79. The minimum Gasteiger partial charge on any atom is -0.456 e. The van der Waals surface area contributed by atoms with E-state index >= 15 is 0 Å². The van der Waals surface area contributed by atoms with Crippen LogP contribution in [0.2, 0.25) is 0 Å². The maximum atomic E-state index is 6.23. The van der Waals surface area contributed by atoms with Crippen LogP contribution in [-0.4, -0.2) is 15.0 Å². The summed E-state index contributed by atoms with van der Waals surface area (Å²) < 4.78 is 8.68. The highest BCUT2D eigenvalue weighted by atomic mass is 32.1. The van der Waals surface area contributed by atoms with Crippen LogP contribution < -0.4 is 0 Å². The fourth-order valence-corrected chi connectivity index (χ4v) is 7.24. The highest BCUT2D eigenvalue weighted by molar-refractivity contribution is 7.25. The molecule has 0 unspecified atom stereocenters. The Morgan fingerprint density at radius 1 is 0.386 bits per heavy atom. The molecule has 0 aliphatic carbocycles. The molecule has 0 saturated carbocycles. The summed E-state index contributed by atoms with van der Waals surface area (Å²) in [6.07, 6.45) is 0. The quantitative estimate of drug-likeness (QED) is 0.207. The van der Waals surface area contributed by atoms with Crippen molar-refractivity contribution in [3.63, 3.8) is 0 Å². The van der Waals surface area contributed by atoms with Gasteiger partial charge in [-0.3, -0.25) is 0 Å². The van der Waals surface area contributed by atoms with E-state index in [1.165, 1.54) is 25.7 Å². The average Bonchev–Trinajstić information content (AvgIpc) is 3.67. The van der Waals surface area contributed by atoms with E-state index < -0.39 is 0 Å². The summed E-state index contributed by atoms with van der Waals surface area (Å²) in [5.41, 5.74) is 6.82. The Morgan fingerprint density at radius 3 is 1.77 bits per heavy atom. The molecular weight excluding hydrogens is 559 g/mol. The van der Waals surface area contributed by atoms with Gasteiger partial charge in [0, 0.05) is 47.6 Å². The standard InChI is InChI=1S/C39H23N3OS/c1-2-10-24(11-3-1)25-20-22-26(23-21-25)37-40-38(29-14-8-17-32-35(29)27-12-4-6-16-31(27)43-32)42-39(41-37)30-15-9-19-34-36(30)28-13-5-7-18-33(28)44-34/h1-23H. The molecule has 0 radical (unpaired) electrons. The zero-order valence-corrected chi connectivity index (χ0v) is 24.3. The van der Waals surface area contributed by atoms with Crippen LogP contribution >= 0.6 is 11.3 Å². The Bertz CT molecular complexity index is 2360. The third-order valence-electron chi connectivity index (χ3n) is 8.17. The average molecular weight is 582 g/mol. The molecule has 0 saturated heterocycles. The van der Waals surface area contributed by atoms with Gasteiger partial charge in [0.25, 0.3) is 0 Å². The summed E-state index contributed by atoms with van der Waals surface area (Å²) in [6.45, 7) is 0. The first-order valence-electron chi connectivity index (χ1n) is 14.5. The maximum absolute atomic E-state index is 6.23. The van der Waals surface area contributed by atoms with Crippen molar-refractivity contribution in [3.05, 3.63) is 140 Å². The lowest BCUT2D eigenvalue weighted by Crippen LogP contribution is -2.00. The van der Waals surface area contributed by atoms with Crippen LogP contribution in [0, 0.1) is 0 Å². The van der Waals surface area contributed by atoms with Gasteiger partial charge in [-0.05, 0) is 35.4 Å². The van der Waals surface area contributed by atoms with Crippen LogP contribution in [0.15, 0.2) is 144 Å². The highest BCUT2D eigenvalue weighted by Gasteiger charge is 2.19. The number of nitrogens with zero attached hydrogens (tertiary/aromatic N) is 3. The molecule has 3 aromatic heterocycles. The van der Waals surface area contributed by atoms with Crippen molar-refractivity contribution in [1.29, 1.82) is 0 Å². The van der Waals surface area contributed by atoms with E-state index in [0.717, 1.165) is 44.2 Å². The predicted octanol–water partition coefficient (Wildman–Crippen LogP) is 10.8. The van der Waals surface area contributed by atoms with Gasteiger partial charge in [-0.2, -0.15) is 0 Å². The molecule has 0 aliphatic rings. The Morgan fingerprint density at radius 2 is 0.955 bits per heavy atom. The van der Waals surface area contributed by atoms with Gasteiger partial charge in [-0.15, -0.1) is 11.3 Å². The van der Waals surface area contributed by atoms with Crippen LogP contribution in [0.3, 0.4) is 0 Å². The number of thiophene rings is 1. The number of para-hydroxylation sites is 1. The van der Waals surface area contributed by atoms with Gasteiger partial charge in [0.05, 0.1) is 0 Å². The molecule has 3 heterocycles. The number of furan rings is 1. The Hall–Kier alpha value is -5.65. The van der Waals surface area contributed by atoms with E-state index in [2.05, 4.69) is 103 Å². The zero-order chi connectivity index (χ0) is 29.0. The van der Waals surface area contributed by atoms with Crippen molar-refractivity contribution in [3.8, 4) is 45.3 Å². The molecule has 4 nitrogen and oxygen atoms in total. The van der Waals surface area contributed by atoms with Crippen molar-refractivity contribution < 1.29 is 4.42 Å². The molecular formula is C39H23N3OS. The summed E-state index contributed by atoms with van der Waals surface area (Å²) in [6, 6.07) is 48.0. The number of benzene rings is 6. The van der Waals surface area contributed by atoms with Crippen molar-refractivity contribution >= 4 is 53.4 Å². The summed E-state index contributed by atoms with van der Waals surface area (Å²) in [7, 11) is 0. The molecule has 9 rings (SSSR count). The first kappa shape index (κ1) is 24.9. The molecule has 206 valence electrons. The molecule has 0 amide bonds. The van der Waals surface area contributed by atoms with Crippen molar-refractivity contribution in [1.82, 2.24) is 15.0 Å². The number of hydrogen-bond acceptors (Lipinski definition) is 5. The van der Waals surface area contributed by atoms with Crippen molar-refractivity contribution in [2.24, 2.45) is 0 Å². The van der Waals surface area contributed by atoms with E-state index in [9.17, 15) is 0 Å². The molecule has 0 aliphatic heterocycles. The fourth-order valence-electron chi connectivity index (χ4n) is 6.11. The van der Waals surface area contributed by atoms with Gasteiger partial charge < -0.3 is 4.42 Å². The monoisotopic (exact) mass is 581 g/mol. The van der Waals surface area contributed by atoms with Crippen LogP contribution in [0.5, 0.6) is 0 Å². The highest BCUT2D eigenvalue weighted by Crippen LogP contribution is 2.41. The minimum atomic E-state index is 0.617. The molecule has 6 aromatic carbocycles. The van der Waals surface area contributed by atoms with Gasteiger partial charge in [0.15, 0.2) is 17.5 Å². The Labute approximate surface area is 256 Å². The maximum Gasteiger partial charge on any atom is 0.164 e. The lowest BCUT2D eigenvalue weighted by atomic mass is 10.0. The molecule has 0 N–H and O–H groups in total. The van der Waals surface area contributed by atoms with E-state index in [4.69, 9.17) is 19.4 Å². The topological polar surface area (TPSA) is 51.8 Å². The number of hydrogen-bond donors (Lipinski definition) is 0. The largest absolute Gasteiger partial charge is 0.456 e. The van der Waals surface area contributed by atoms with Gasteiger partial charge in [0.2, 0.25) is 0 Å². The number of fused-ring (bicyclic) bond motifs is 6. The number of rotatable bonds is 4. The SMILES string of the molecule is c1ccc(-c2ccc(-c3nc(-c4cccc5oc6ccccc6c45)nc(-c4cccc5sc6ccccc6c45)n3)cc2)cc1. The van der Waals surface area contributed by atoms with Gasteiger partial charge in [0.1, 0.15) is 11.2 Å². The normalized spacial score (nSPS) is 11.6. The second kappa shape index (κ2) is 9.97. The first-order valence-corrected chi connectivity index (χ1v) is 15.3. The van der Waals surface area contributed by atoms with E-state index in [1.54, 1.807) is 11.3 Å². The molecule has 0 atom stereocenters. The lowest BCUT2D eigenvalue weighted by molar-refractivity contribution is 0.669. The van der Waals surface area contributed by atoms with Crippen molar-refractivity contribution in [2.45, 2.75) is 0 Å². The summed E-state index contributed by atoms with van der Waals surface area (Å²) in [5.74, 6) is 1.90. The van der Waals surface area contributed by atoms with Crippen LogP contribution in [-0.2, 0) is 0 Å². The predicted molar refractivity (Wildman–Crippen MR) is 182 cm³/mol. The third kappa shape index (κ3) is 4.02. The van der Waals surface area contributed by atoms with Crippen LogP contribution in [0.1, 0.15) is 0 Å². The molecule has 0 spiro atoms. The third-order valence-corrected chi connectivity index (χ3v) is 9.31. The van der Waals surface area contributed by atoms with Crippen LogP contribution in [0.4, 0.5) is 0 Å². The van der Waals surface area contributed by atoms with Gasteiger partial charge >= 0.3 is 0 Å². The van der Waals surface area contributed by atoms with E-state index in [-0.39, 0.29) is 0 Å². The summed E-state index contributed by atoms with van der Waals surface area (Å²) in [4.78, 5) is 15.4. The molecule has 44 heavy (non-hydrogen) atoms. The Kier molecular flexibility index (Phi) is 5.64. The first-order chi connectivity index (χ1) is 21.8. The second-order valence-corrected chi connectivity index (χ2v) is 11.9. The van der Waals surface area contributed by atoms with Crippen molar-refractivity contribution in [2.75, 3.05) is 0 Å². The molecule has 0 bridgehead atoms. The lowest BCUT2D eigenvalue weighted by Gasteiger charge is -2.11. The molecule has 0 fully saturated rings. The smallest absolute Gasteiger partial charge is 0.164 e. The zero-order valence-electron chi connectivity index (χ0n) is 23.4. The van der Waals surface area contributed by atoms with Gasteiger partial charge in [-0.1, -0.05) is 115 Å². The van der Waals surface area contributed by atoms with Crippen LogP contribution in [0.25, 0.3) is 87.4 Å². The Balaban J connectivity index is 1.30. The molecule has 5 heteroatoms. The van der Waals surface area contributed by atoms with Gasteiger partial charge in [-0.25, -0.2) is 15.0 Å². The molecule has 9 aromatic rings. The second-order valence-electron chi connectivity index (χ2n) is 10.8. The summed E-state index contributed by atoms with van der Waals surface area (Å²) in [5, 5.41) is 4.42. The number of aromatic nitrogens is 3. The minimum absolute atomic E-state index is 0.617. The van der Waals surface area contributed by atoms with E-state index in [1.807, 2.05) is 36.4 Å².